The lowest BCUT2D eigenvalue weighted by Crippen LogP contribution is -2.43. The predicted molar refractivity (Wildman–Crippen MR) is 130 cm³/mol. The van der Waals surface area contributed by atoms with Crippen LogP contribution in [0.25, 0.3) is 22.3 Å². The minimum absolute atomic E-state index is 0.141. The summed E-state index contributed by atoms with van der Waals surface area (Å²) < 4.78 is 12.9. The molecular formula is C28H26O2Si. The molecule has 31 heavy (non-hydrogen) atoms. The van der Waals surface area contributed by atoms with Gasteiger partial charge in [-0.05, 0) is 46.5 Å². The highest BCUT2D eigenvalue weighted by atomic mass is 28.4. The first kappa shape index (κ1) is 19.6. The summed E-state index contributed by atoms with van der Waals surface area (Å²) in [5.41, 5.74) is 7.25. The van der Waals surface area contributed by atoms with Crippen LogP contribution in [0.15, 0.2) is 97.1 Å². The van der Waals surface area contributed by atoms with Gasteiger partial charge in [-0.1, -0.05) is 79.7 Å². The summed E-state index contributed by atoms with van der Waals surface area (Å²) in [5.74, 6) is 2.00. The average molecular weight is 423 g/mol. The maximum atomic E-state index is 6.47. The third kappa shape index (κ3) is 3.89. The molecule has 0 bridgehead atoms. The molecule has 0 saturated heterocycles. The Hall–Kier alpha value is -3.30. The average Bonchev–Trinajstić information content (AvgIpc) is 2.79. The van der Waals surface area contributed by atoms with Gasteiger partial charge in [-0.3, -0.25) is 0 Å². The van der Waals surface area contributed by atoms with Crippen LogP contribution in [0.3, 0.4) is 0 Å². The lowest BCUT2D eigenvalue weighted by molar-refractivity contribution is 0.386. The van der Waals surface area contributed by atoms with Gasteiger partial charge in [0.05, 0.1) is 0 Å². The molecule has 0 aromatic heterocycles. The van der Waals surface area contributed by atoms with Crippen LogP contribution in [0.4, 0.5) is 0 Å². The largest absolute Gasteiger partial charge is 0.512 e. The molecule has 0 N–H and O–H groups in total. The summed E-state index contributed by atoms with van der Waals surface area (Å²) in [6.07, 6.45) is 0. The Morgan fingerprint density at radius 1 is 0.548 bits per heavy atom. The molecular weight excluding hydrogens is 396 g/mol. The van der Waals surface area contributed by atoms with E-state index < -0.39 is 8.56 Å². The van der Waals surface area contributed by atoms with E-state index >= 15 is 0 Å². The molecule has 0 saturated carbocycles. The van der Waals surface area contributed by atoms with Gasteiger partial charge in [0.15, 0.2) is 0 Å². The fraction of sp³-hybridized carbons (Fsp3) is 0.143. The quantitative estimate of drug-likeness (QED) is 0.309. The second-order valence-electron chi connectivity index (χ2n) is 8.56. The third-order valence-electron chi connectivity index (χ3n) is 5.88. The first-order valence-corrected chi connectivity index (χ1v) is 13.6. The first-order chi connectivity index (χ1) is 15.0. The monoisotopic (exact) mass is 422 g/mol. The fourth-order valence-corrected chi connectivity index (χ4v) is 5.77. The summed E-state index contributed by atoms with van der Waals surface area (Å²) >= 11 is 0. The Bertz CT molecular complexity index is 1120. The number of hydrogen-bond donors (Lipinski definition) is 0. The summed E-state index contributed by atoms with van der Waals surface area (Å²) in [4.78, 5) is 0. The third-order valence-corrected chi connectivity index (χ3v) is 7.30. The minimum atomic E-state index is -2.40. The Labute approximate surface area is 185 Å². The Balaban J connectivity index is 1.67. The van der Waals surface area contributed by atoms with E-state index in [4.69, 9.17) is 8.85 Å². The van der Waals surface area contributed by atoms with Gasteiger partial charge in [0.25, 0.3) is 0 Å². The maximum Gasteiger partial charge on any atom is 0.454 e. The molecule has 5 rings (SSSR count). The van der Waals surface area contributed by atoms with Crippen LogP contribution in [0.2, 0.25) is 13.1 Å². The molecule has 4 aromatic rings. The van der Waals surface area contributed by atoms with Crippen molar-refractivity contribution in [1.82, 2.24) is 0 Å². The zero-order valence-corrected chi connectivity index (χ0v) is 19.1. The number of hydrogen-bond acceptors (Lipinski definition) is 2. The molecule has 4 aromatic carbocycles. The molecule has 0 amide bonds. The highest BCUT2D eigenvalue weighted by molar-refractivity contribution is 6.66. The molecule has 0 fully saturated rings. The lowest BCUT2D eigenvalue weighted by Gasteiger charge is -2.33. The van der Waals surface area contributed by atoms with Crippen LogP contribution in [-0.4, -0.2) is 8.56 Å². The van der Waals surface area contributed by atoms with Gasteiger partial charge in [-0.2, -0.15) is 0 Å². The Morgan fingerprint density at radius 3 is 1.39 bits per heavy atom. The highest BCUT2D eigenvalue weighted by Crippen LogP contribution is 2.43. The van der Waals surface area contributed by atoms with Gasteiger partial charge in [0.2, 0.25) is 0 Å². The molecule has 3 heteroatoms. The summed E-state index contributed by atoms with van der Waals surface area (Å²) in [6, 6.07) is 34.1. The van der Waals surface area contributed by atoms with E-state index in [0.717, 1.165) is 11.5 Å². The van der Waals surface area contributed by atoms with Crippen molar-refractivity contribution in [1.29, 1.82) is 0 Å². The van der Waals surface area contributed by atoms with Crippen LogP contribution < -0.4 is 8.85 Å². The predicted octanol–water partition coefficient (Wildman–Crippen LogP) is 7.65. The minimum Gasteiger partial charge on any atom is -0.512 e. The van der Waals surface area contributed by atoms with E-state index in [1.807, 2.05) is 0 Å². The molecule has 0 unspecified atom stereocenters. The number of fused-ring (bicyclic) bond motifs is 2. The maximum absolute atomic E-state index is 6.47. The van der Waals surface area contributed by atoms with Crippen LogP contribution in [0.1, 0.15) is 24.0 Å². The van der Waals surface area contributed by atoms with Gasteiger partial charge in [0, 0.05) is 30.1 Å². The molecule has 0 atom stereocenters. The van der Waals surface area contributed by atoms with Gasteiger partial charge >= 0.3 is 8.56 Å². The Morgan fingerprint density at radius 2 is 0.968 bits per heavy atom. The van der Waals surface area contributed by atoms with Crippen molar-refractivity contribution < 1.29 is 8.85 Å². The van der Waals surface area contributed by atoms with Gasteiger partial charge in [-0.15, -0.1) is 0 Å². The molecule has 0 spiro atoms. The van der Waals surface area contributed by atoms with E-state index in [-0.39, 0.29) is 5.92 Å². The zero-order chi connectivity index (χ0) is 21.4. The van der Waals surface area contributed by atoms with Crippen molar-refractivity contribution in [2.75, 3.05) is 0 Å². The standard InChI is InChI=1S/C28H26O2Si/c1-20-25-18-23(21-10-6-4-7-11-21)14-16-27(25)29-31(2,3)30-28-17-15-24(19-26(20)28)22-12-8-5-9-13-22/h4-20H,1-3H3. The van der Waals surface area contributed by atoms with E-state index in [9.17, 15) is 0 Å². The molecule has 1 aliphatic heterocycles. The van der Waals surface area contributed by atoms with Crippen molar-refractivity contribution in [2.45, 2.75) is 25.9 Å². The van der Waals surface area contributed by atoms with E-state index in [1.165, 1.54) is 33.4 Å². The molecule has 0 radical (unpaired) electrons. The summed E-state index contributed by atoms with van der Waals surface area (Å²) in [7, 11) is -2.40. The Kier molecular flexibility index (Phi) is 4.91. The SMILES string of the molecule is CC1c2cc(-c3ccccc3)ccc2O[Si](C)(C)Oc2ccc(-c3ccccc3)cc21. The van der Waals surface area contributed by atoms with Crippen molar-refractivity contribution in [3.63, 3.8) is 0 Å². The molecule has 2 nitrogen and oxygen atoms in total. The summed E-state index contributed by atoms with van der Waals surface area (Å²) in [6.45, 7) is 6.45. The first-order valence-electron chi connectivity index (χ1n) is 10.8. The highest BCUT2D eigenvalue weighted by Gasteiger charge is 2.35. The topological polar surface area (TPSA) is 18.5 Å². The zero-order valence-electron chi connectivity index (χ0n) is 18.1. The van der Waals surface area contributed by atoms with Crippen LogP contribution in [0.5, 0.6) is 11.5 Å². The number of benzene rings is 4. The van der Waals surface area contributed by atoms with E-state index in [1.54, 1.807) is 0 Å². The molecule has 1 heterocycles. The van der Waals surface area contributed by atoms with Crippen molar-refractivity contribution in [3.8, 4) is 33.8 Å². The van der Waals surface area contributed by atoms with Crippen LogP contribution >= 0.6 is 0 Å². The van der Waals surface area contributed by atoms with E-state index in [2.05, 4.69) is 117 Å². The van der Waals surface area contributed by atoms with Crippen LogP contribution in [-0.2, 0) is 0 Å². The lowest BCUT2D eigenvalue weighted by atomic mass is 9.88. The van der Waals surface area contributed by atoms with Crippen molar-refractivity contribution in [3.05, 3.63) is 108 Å². The smallest absolute Gasteiger partial charge is 0.454 e. The van der Waals surface area contributed by atoms with Crippen molar-refractivity contribution in [2.24, 2.45) is 0 Å². The fourth-order valence-electron chi connectivity index (χ4n) is 4.30. The van der Waals surface area contributed by atoms with Gasteiger partial charge in [-0.25, -0.2) is 0 Å². The van der Waals surface area contributed by atoms with Gasteiger partial charge in [0.1, 0.15) is 11.5 Å². The van der Waals surface area contributed by atoms with Gasteiger partial charge < -0.3 is 8.85 Å². The second kappa shape index (κ2) is 7.75. The van der Waals surface area contributed by atoms with E-state index in [0.29, 0.717) is 0 Å². The summed E-state index contributed by atoms with van der Waals surface area (Å²) in [5, 5.41) is 0. The molecule has 0 aliphatic carbocycles. The van der Waals surface area contributed by atoms with Crippen molar-refractivity contribution >= 4 is 8.56 Å². The van der Waals surface area contributed by atoms with Crippen LogP contribution in [0, 0.1) is 0 Å². The molecule has 1 aliphatic rings. The number of rotatable bonds is 2. The second-order valence-corrected chi connectivity index (χ2v) is 11.8. The molecule has 154 valence electrons. The normalized spacial score (nSPS) is 14.9.